The van der Waals surface area contributed by atoms with E-state index in [9.17, 15) is 22.7 Å². The van der Waals surface area contributed by atoms with Gasteiger partial charge in [0.1, 0.15) is 29.2 Å². The van der Waals surface area contributed by atoms with E-state index < -0.39 is 29.2 Å². The van der Waals surface area contributed by atoms with Crippen molar-refractivity contribution < 1.29 is 27.4 Å². The zero-order valence-corrected chi connectivity index (χ0v) is 12.4. The van der Waals surface area contributed by atoms with Gasteiger partial charge in [-0.25, -0.2) is 8.78 Å². The van der Waals surface area contributed by atoms with Gasteiger partial charge in [0, 0.05) is 27.3 Å². The molecule has 1 aliphatic carbocycles. The van der Waals surface area contributed by atoms with Crippen LogP contribution in [-0.4, -0.2) is 5.11 Å². The lowest BCUT2D eigenvalue weighted by atomic mass is 9.80. The summed E-state index contributed by atoms with van der Waals surface area (Å²) in [5, 5.41) is 9.46. The highest BCUT2D eigenvalue weighted by Crippen LogP contribution is 2.58. The second kappa shape index (κ2) is 4.84. The first kappa shape index (κ1) is 14.6. The molecule has 0 saturated heterocycles. The van der Waals surface area contributed by atoms with Gasteiger partial charge in [0.05, 0.1) is 5.56 Å². The van der Waals surface area contributed by atoms with Gasteiger partial charge in [0.15, 0.2) is 0 Å². The van der Waals surface area contributed by atoms with Crippen LogP contribution in [0.4, 0.5) is 17.6 Å². The quantitative estimate of drug-likeness (QED) is 0.584. The van der Waals surface area contributed by atoms with Crippen LogP contribution in [0.5, 0.6) is 11.5 Å². The zero-order valence-electron chi connectivity index (χ0n) is 10.2. The fourth-order valence-electron chi connectivity index (χ4n) is 2.22. The number of hydrogen-bond acceptors (Lipinski definition) is 2. The Hall–Kier alpha value is -1.35. The molecular weight excluding hydrogens is 403 g/mol. The van der Waals surface area contributed by atoms with E-state index in [1.807, 2.05) is 22.6 Å². The first-order valence-corrected chi connectivity index (χ1v) is 6.91. The summed E-state index contributed by atoms with van der Waals surface area (Å²) in [5.74, 6) is -5.65. The number of benzene rings is 2. The van der Waals surface area contributed by atoms with Gasteiger partial charge in [-0.05, 0) is 34.7 Å². The van der Waals surface area contributed by atoms with Crippen LogP contribution in [0.15, 0.2) is 30.3 Å². The fraction of sp³-hybridized carbons (Fsp3) is 0.143. The van der Waals surface area contributed by atoms with Crippen molar-refractivity contribution in [3.63, 3.8) is 0 Å². The minimum atomic E-state index is -3.45. The Kier molecular flexibility index (Phi) is 3.36. The Labute approximate surface area is 130 Å². The van der Waals surface area contributed by atoms with Gasteiger partial charge >= 0.3 is 5.92 Å². The normalized spacial score (nSPS) is 18.9. The monoisotopic (exact) mass is 410 g/mol. The molecule has 0 bridgehead atoms. The van der Waals surface area contributed by atoms with Crippen molar-refractivity contribution in [3.8, 4) is 11.5 Å². The Balaban J connectivity index is 2.05. The number of fused-ring (bicyclic) bond motifs is 1. The molecule has 7 heteroatoms. The summed E-state index contributed by atoms with van der Waals surface area (Å²) in [5.41, 5.74) is -0.374. The molecule has 0 radical (unpaired) electrons. The lowest BCUT2D eigenvalue weighted by Gasteiger charge is -2.37. The van der Waals surface area contributed by atoms with E-state index in [1.165, 1.54) is 12.1 Å². The SMILES string of the molecule is OC1c2c(I)ccc(Oc3cc(F)cc(F)c3)c2C1(F)F. The molecule has 1 unspecified atom stereocenters. The van der Waals surface area contributed by atoms with Crippen LogP contribution >= 0.6 is 22.6 Å². The van der Waals surface area contributed by atoms with Crippen LogP contribution in [0.25, 0.3) is 0 Å². The maximum absolute atomic E-state index is 13.7. The summed E-state index contributed by atoms with van der Waals surface area (Å²) >= 11 is 1.82. The van der Waals surface area contributed by atoms with Gasteiger partial charge in [-0.1, -0.05) is 0 Å². The highest BCUT2D eigenvalue weighted by molar-refractivity contribution is 14.1. The molecule has 0 amide bonds. The molecule has 0 aliphatic heterocycles. The molecule has 1 atom stereocenters. The molecule has 2 aromatic carbocycles. The van der Waals surface area contributed by atoms with Crippen molar-refractivity contribution in [3.05, 3.63) is 56.7 Å². The average Bonchev–Trinajstić information content (AvgIpc) is 2.38. The molecule has 0 saturated carbocycles. The van der Waals surface area contributed by atoms with E-state index in [0.717, 1.165) is 12.1 Å². The second-order valence-corrected chi connectivity index (χ2v) is 5.73. The number of rotatable bonds is 2. The summed E-state index contributed by atoms with van der Waals surface area (Å²) in [6, 6.07) is 5.20. The Morgan fingerprint density at radius 3 is 2.33 bits per heavy atom. The minimum Gasteiger partial charge on any atom is -0.457 e. The molecule has 1 N–H and O–H groups in total. The van der Waals surface area contributed by atoms with Gasteiger partial charge in [0.25, 0.3) is 0 Å². The van der Waals surface area contributed by atoms with E-state index >= 15 is 0 Å². The van der Waals surface area contributed by atoms with Gasteiger partial charge < -0.3 is 9.84 Å². The third-order valence-electron chi connectivity index (χ3n) is 3.17. The molecule has 0 spiro atoms. The van der Waals surface area contributed by atoms with Crippen molar-refractivity contribution >= 4 is 22.6 Å². The van der Waals surface area contributed by atoms with Crippen LogP contribution in [0.3, 0.4) is 0 Å². The second-order valence-electron chi connectivity index (χ2n) is 4.57. The Morgan fingerprint density at radius 2 is 1.71 bits per heavy atom. The van der Waals surface area contributed by atoms with Gasteiger partial charge in [-0.3, -0.25) is 0 Å². The maximum atomic E-state index is 13.7. The maximum Gasteiger partial charge on any atom is 0.306 e. The van der Waals surface area contributed by atoms with Crippen molar-refractivity contribution in [2.24, 2.45) is 0 Å². The zero-order chi connectivity index (χ0) is 15.4. The summed E-state index contributed by atoms with van der Waals surface area (Å²) in [4.78, 5) is 0. The lowest BCUT2D eigenvalue weighted by Crippen LogP contribution is -2.37. The molecule has 110 valence electrons. The van der Waals surface area contributed by atoms with E-state index in [-0.39, 0.29) is 17.1 Å². The number of halogens is 5. The third kappa shape index (κ3) is 2.28. The van der Waals surface area contributed by atoms with Crippen molar-refractivity contribution in [1.82, 2.24) is 0 Å². The molecule has 2 nitrogen and oxygen atoms in total. The number of alkyl halides is 2. The first-order valence-electron chi connectivity index (χ1n) is 5.83. The summed E-state index contributed by atoms with van der Waals surface area (Å²) < 4.78 is 59.3. The van der Waals surface area contributed by atoms with Crippen molar-refractivity contribution in [2.75, 3.05) is 0 Å². The third-order valence-corrected chi connectivity index (χ3v) is 4.11. The summed E-state index contributed by atoms with van der Waals surface area (Å²) in [7, 11) is 0. The van der Waals surface area contributed by atoms with Gasteiger partial charge in [-0.15, -0.1) is 0 Å². The smallest absolute Gasteiger partial charge is 0.306 e. The van der Waals surface area contributed by atoms with E-state index in [0.29, 0.717) is 9.64 Å². The molecule has 0 heterocycles. The minimum absolute atomic E-state index is 0.0787. The molecule has 3 rings (SSSR count). The molecule has 2 aromatic rings. The van der Waals surface area contributed by atoms with Crippen molar-refractivity contribution in [2.45, 2.75) is 12.0 Å². The largest absolute Gasteiger partial charge is 0.457 e. The van der Waals surface area contributed by atoms with Crippen LogP contribution in [0.1, 0.15) is 17.2 Å². The molecule has 21 heavy (non-hydrogen) atoms. The predicted octanol–water partition coefficient (Wildman–Crippen LogP) is 4.50. The van der Waals surface area contributed by atoms with Crippen LogP contribution in [-0.2, 0) is 5.92 Å². The first-order chi connectivity index (χ1) is 9.80. The Morgan fingerprint density at radius 1 is 1.10 bits per heavy atom. The topological polar surface area (TPSA) is 29.5 Å². The number of aliphatic hydroxyl groups is 1. The van der Waals surface area contributed by atoms with Gasteiger partial charge in [-0.2, -0.15) is 8.78 Å². The number of aliphatic hydroxyl groups excluding tert-OH is 1. The fourth-order valence-corrected chi connectivity index (χ4v) is 2.97. The van der Waals surface area contributed by atoms with Crippen LogP contribution in [0.2, 0.25) is 0 Å². The Bertz CT molecular complexity index is 713. The number of hydrogen-bond donors (Lipinski definition) is 1. The predicted molar refractivity (Wildman–Crippen MR) is 74.4 cm³/mol. The molecule has 1 aliphatic rings. The van der Waals surface area contributed by atoms with E-state index in [1.54, 1.807) is 0 Å². The molecule has 0 fully saturated rings. The molecule has 0 aromatic heterocycles. The van der Waals surface area contributed by atoms with Crippen molar-refractivity contribution in [1.29, 1.82) is 0 Å². The van der Waals surface area contributed by atoms with Crippen LogP contribution in [0, 0.1) is 15.2 Å². The van der Waals surface area contributed by atoms with Gasteiger partial charge in [0.2, 0.25) is 0 Å². The highest BCUT2D eigenvalue weighted by atomic mass is 127. The lowest BCUT2D eigenvalue weighted by molar-refractivity contribution is -0.149. The standard InChI is InChI=1S/C14H7F4IO2/c15-6-3-7(16)5-8(4-6)21-10-2-1-9(19)11-12(10)14(17,18)13(11)20/h1-5,13,20H. The van der Waals surface area contributed by atoms with E-state index in [4.69, 9.17) is 4.74 Å². The van der Waals surface area contributed by atoms with E-state index in [2.05, 4.69) is 0 Å². The average molecular weight is 410 g/mol. The number of ether oxygens (including phenoxy) is 1. The van der Waals surface area contributed by atoms with Crippen LogP contribution < -0.4 is 4.74 Å². The highest BCUT2D eigenvalue weighted by Gasteiger charge is 2.56. The molecular formula is C14H7F4IO2. The summed E-state index contributed by atoms with van der Waals surface area (Å²) in [6.45, 7) is 0. The summed E-state index contributed by atoms with van der Waals surface area (Å²) in [6.07, 6.45) is -1.90.